The number of anilines is 1. The Morgan fingerprint density at radius 2 is 2.16 bits per heavy atom. The minimum Gasteiger partial charge on any atom is -0.391 e. The van der Waals surface area contributed by atoms with Gasteiger partial charge in [0.1, 0.15) is 5.52 Å². The van der Waals surface area contributed by atoms with Crippen molar-refractivity contribution in [2.24, 2.45) is 7.05 Å². The highest BCUT2D eigenvalue weighted by Crippen LogP contribution is 2.28. The van der Waals surface area contributed by atoms with Gasteiger partial charge in [0.05, 0.1) is 23.7 Å². The van der Waals surface area contributed by atoms with Crippen molar-refractivity contribution in [1.29, 1.82) is 0 Å². The van der Waals surface area contributed by atoms with Gasteiger partial charge in [-0.2, -0.15) is 5.10 Å². The van der Waals surface area contributed by atoms with E-state index in [1.54, 1.807) is 10.9 Å². The van der Waals surface area contributed by atoms with Gasteiger partial charge in [0, 0.05) is 7.05 Å². The van der Waals surface area contributed by atoms with Crippen LogP contribution >= 0.6 is 11.6 Å². The Bertz CT molecular complexity index is 599. The fourth-order valence-electron chi connectivity index (χ4n) is 2.61. The van der Waals surface area contributed by atoms with Crippen LogP contribution in [-0.2, 0) is 7.05 Å². The quantitative estimate of drug-likeness (QED) is 0.877. The predicted octanol–water partition coefficient (Wildman–Crippen LogP) is 1.73. The third-order valence-corrected chi connectivity index (χ3v) is 3.93. The molecule has 102 valence electrons. The molecule has 1 aliphatic rings. The minimum absolute atomic E-state index is 0.0210. The minimum atomic E-state index is -0.335. The molecule has 0 radical (unpaired) electrons. The fourth-order valence-corrected chi connectivity index (χ4v) is 2.87. The maximum atomic E-state index is 10.0. The summed E-state index contributed by atoms with van der Waals surface area (Å²) in [6.45, 7) is 0. The highest BCUT2D eigenvalue weighted by atomic mass is 35.5. The number of hydrogen-bond donors (Lipinski definition) is 2. The van der Waals surface area contributed by atoms with Crippen LogP contribution in [0.2, 0.25) is 5.15 Å². The summed E-state index contributed by atoms with van der Waals surface area (Å²) in [5.74, 6) is 0.637. The Hall–Kier alpha value is -1.40. The molecular formula is C12H16ClN5O. The monoisotopic (exact) mass is 281 g/mol. The molecule has 6 nitrogen and oxygen atoms in total. The third-order valence-electron chi connectivity index (χ3n) is 3.68. The predicted molar refractivity (Wildman–Crippen MR) is 73.2 cm³/mol. The lowest BCUT2D eigenvalue weighted by Crippen LogP contribution is -2.36. The van der Waals surface area contributed by atoms with E-state index in [-0.39, 0.29) is 12.1 Å². The first kappa shape index (κ1) is 12.6. The molecule has 0 aromatic carbocycles. The number of fused-ring (bicyclic) bond motifs is 1. The summed E-state index contributed by atoms with van der Waals surface area (Å²) in [6.07, 6.45) is 5.34. The van der Waals surface area contributed by atoms with E-state index < -0.39 is 0 Å². The van der Waals surface area contributed by atoms with Crippen molar-refractivity contribution in [3.63, 3.8) is 0 Å². The lowest BCUT2D eigenvalue weighted by molar-refractivity contribution is 0.116. The summed E-state index contributed by atoms with van der Waals surface area (Å²) < 4.78 is 1.68. The number of nitrogens with zero attached hydrogens (tertiary/aromatic N) is 4. The molecule has 3 rings (SSSR count). The van der Waals surface area contributed by atoms with Crippen molar-refractivity contribution >= 4 is 28.3 Å². The molecule has 2 aromatic heterocycles. The summed E-state index contributed by atoms with van der Waals surface area (Å²) in [5.41, 5.74) is 0.754. The van der Waals surface area contributed by atoms with Gasteiger partial charge in [-0.15, -0.1) is 10.2 Å². The van der Waals surface area contributed by atoms with Crippen LogP contribution in [0.5, 0.6) is 0 Å². The van der Waals surface area contributed by atoms with Crippen LogP contribution in [0, 0.1) is 0 Å². The lowest BCUT2D eigenvalue weighted by Gasteiger charge is -2.28. The van der Waals surface area contributed by atoms with Gasteiger partial charge >= 0.3 is 0 Å². The first-order valence-corrected chi connectivity index (χ1v) is 6.83. The van der Waals surface area contributed by atoms with Gasteiger partial charge in [-0.05, 0) is 12.8 Å². The standard InChI is InChI=1S/C12H16ClN5O/c1-18-10-7(6-14-18)12(17-16-11(10)13)15-8-4-2-3-5-9(8)19/h6,8-9,19H,2-5H2,1H3,(H,15,17). The molecule has 1 saturated carbocycles. The molecule has 0 aliphatic heterocycles. The van der Waals surface area contributed by atoms with Crippen molar-refractivity contribution < 1.29 is 5.11 Å². The molecule has 2 unspecified atom stereocenters. The molecule has 2 heterocycles. The average Bonchev–Trinajstić information content (AvgIpc) is 2.79. The van der Waals surface area contributed by atoms with Crippen LogP contribution < -0.4 is 5.32 Å². The molecule has 2 atom stereocenters. The van der Waals surface area contributed by atoms with Crippen LogP contribution in [0.3, 0.4) is 0 Å². The summed E-state index contributed by atoms with van der Waals surface area (Å²) in [6, 6.07) is 0.0210. The van der Waals surface area contributed by atoms with Gasteiger partial charge in [-0.3, -0.25) is 4.68 Å². The Kier molecular flexibility index (Phi) is 3.28. The number of halogens is 1. The Morgan fingerprint density at radius 3 is 2.95 bits per heavy atom. The molecule has 2 N–H and O–H groups in total. The second-order valence-corrected chi connectivity index (χ2v) is 5.33. The largest absolute Gasteiger partial charge is 0.391 e. The van der Waals surface area contributed by atoms with E-state index in [2.05, 4.69) is 20.6 Å². The zero-order valence-electron chi connectivity index (χ0n) is 10.7. The molecule has 0 saturated heterocycles. The van der Waals surface area contributed by atoms with Crippen molar-refractivity contribution in [2.45, 2.75) is 37.8 Å². The van der Waals surface area contributed by atoms with E-state index in [1.807, 2.05) is 7.05 Å². The van der Waals surface area contributed by atoms with E-state index in [4.69, 9.17) is 11.6 Å². The number of aliphatic hydroxyl groups is 1. The first-order valence-electron chi connectivity index (χ1n) is 6.45. The number of rotatable bonds is 2. The van der Waals surface area contributed by atoms with Crippen LogP contribution in [0.1, 0.15) is 25.7 Å². The number of nitrogens with one attached hydrogen (secondary N) is 1. The normalized spacial score (nSPS) is 23.7. The maximum Gasteiger partial charge on any atom is 0.177 e. The molecule has 0 amide bonds. The number of aryl methyl sites for hydroxylation is 1. The van der Waals surface area contributed by atoms with Gasteiger partial charge in [-0.1, -0.05) is 24.4 Å². The first-order chi connectivity index (χ1) is 9.16. The molecule has 7 heteroatoms. The van der Waals surface area contributed by atoms with Crippen molar-refractivity contribution in [3.8, 4) is 0 Å². The number of hydrogen-bond acceptors (Lipinski definition) is 5. The van der Waals surface area contributed by atoms with Crippen molar-refractivity contribution in [1.82, 2.24) is 20.0 Å². The van der Waals surface area contributed by atoms with Crippen LogP contribution in [-0.4, -0.2) is 37.2 Å². The summed E-state index contributed by atoms with van der Waals surface area (Å²) in [4.78, 5) is 0. The van der Waals surface area contributed by atoms with E-state index in [0.29, 0.717) is 11.0 Å². The summed E-state index contributed by atoms with van der Waals surface area (Å²) in [7, 11) is 1.81. The van der Waals surface area contributed by atoms with Crippen LogP contribution in [0.25, 0.3) is 10.9 Å². The average molecular weight is 282 g/mol. The maximum absolute atomic E-state index is 10.0. The molecule has 2 aromatic rings. The molecular weight excluding hydrogens is 266 g/mol. The second-order valence-electron chi connectivity index (χ2n) is 4.97. The lowest BCUT2D eigenvalue weighted by atomic mass is 9.92. The molecule has 19 heavy (non-hydrogen) atoms. The van der Waals surface area contributed by atoms with Gasteiger partial charge in [0.25, 0.3) is 0 Å². The fraction of sp³-hybridized carbons (Fsp3) is 0.583. The second kappa shape index (κ2) is 4.94. The van der Waals surface area contributed by atoms with E-state index in [9.17, 15) is 5.11 Å². The third kappa shape index (κ3) is 2.26. The highest BCUT2D eigenvalue weighted by Gasteiger charge is 2.24. The van der Waals surface area contributed by atoms with Gasteiger partial charge < -0.3 is 10.4 Å². The van der Waals surface area contributed by atoms with Gasteiger partial charge in [-0.25, -0.2) is 0 Å². The van der Waals surface area contributed by atoms with Crippen molar-refractivity contribution in [3.05, 3.63) is 11.3 Å². The molecule has 1 aliphatic carbocycles. The molecule has 0 bridgehead atoms. The molecule has 0 spiro atoms. The number of aliphatic hydroxyl groups excluding tert-OH is 1. The zero-order valence-corrected chi connectivity index (χ0v) is 11.4. The van der Waals surface area contributed by atoms with Crippen LogP contribution in [0.15, 0.2) is 6.20 Å². The Labute approximate surface area is 115 Å². The van der Waals surface area contributed by atoms with Crippen LogP contribution in [0.4, 0.5) is 5.82 Å². The summed E-state index contributed by atoms with van der Waals surface area (Å²) in [5, 5.41) is 26.7. The van der Waals surface area contributed by atoms with E-state index >= 15 is 0 Å². The number of aromatic nitrogens is 4. The van der Waals surface area contributed by atoms with Gasteiger partial charge in [0.15, 0.2) is 11.0 Å². The van der Waals surface area contributed by atoms with Gasteiger partial charge in [0.2, 0.25) is 0 Å². The smallest absolute Gasteiger partial charge is 0.177 e. The Morgan fingerprint density at radius 1 is 1.37 bits per heavy atom. The topological polar surface area (TPSA) is 75.9 Å². The van der Waals surface area contributed by atoms with Crippen molar-refractivity contribution in [2.75, 3.05) is 5.32 Å². The highest BCUT2D eigenvalue weighted by molar-refractivity contribution is 6.34. The Balaban J connectivity index is 1.95. The summed E-state index contributed by atoms with van der Waals surface area (Å²) >= 11 is 6.04. The molecule has 1 fully saturated rings. The zero-order chi connectivity index (χ0) is 13.4. The SMILES string of the molecule is Cn1ncc2c(NC3CCCCC3O)nnc(Cl)c21. The van der Waals surface area contributed by atoms with E-state index in [1.165, 1.54) is 0 Å². The van der Waals surface area contributed by atoms with E-state index in [0.717, 1.165) is 36.6 Å².